The molecule has 2 N–H and O–H groups in total. The number of pyridine rings is 1. The number of rotatable bonds is 8. The summed E-state index contributed by atoms with van der Waals surface area (Å²) in [5.41, 5.74) is 2.41. The summed E-state index contributed by atoms with van der Waals surface area (Å²) in [5, 5.41) is 5.70. The molecule has 0 bridgehead atoms. The van der Waals surface area contributed by atoms with Crippen LogP contribution >= 0.6 is 0 Å². The number of carbonyl (C=O) groups is 1. The van der Waals surface area contributed by atoms with Gasteiger partial charge in [-0.25, -0.2) is 0 Å². The van der Waals surface area contributed by atoms with E-state index in [2.05, 4.69) is 20.6 Å². The molecule has 0 aliphatic carbocycles. The van der Waals surface area contributed by atoms with E-state index in [4.69, 9.17) is 18.6 Å². The van der Waals surface area contributed by atoms with Crippen molar-refractivity contribution in [1.82, 2.24) is 15.3 Å². The second kappa shape index (κ2) is 9.25. The van der Waals surface area contributed by atoms with Crippen molar-refractivity contribution < 1.29 is 23.4 Å². The number of hydrogen-bond donors (Lipinski definition) is 2. The number of hydrogen-bond acceptors (Lipinski definition) is 8. The molecule has 1 amide bonds. The lowest BCUT2D eigenvalue weighted by Gasteiger charge is -2.10. The van der Waals surface area contributed by atoms with Gasteiger partial charge in [-0.05, 0) is 36.4 Å². The summed E-state index contributed by atoms with van der Waals surface area (Å²) < 4.78 is 22.4. The monoisotopic (exact) mass is 434 g/mol. The molecule has 9 nitrogen and oxygen atoms in total. The van der Waals surface area contributed by atoms with Crippen LogP contribution in [-0.2, 0) is 6.54 Å². The fourth-order valence-electron chi connectivity index (χ4n) is 3.10. The molecule has 0 atom stereocenters. The van der Waals surface area contributed by atoms with Gasteiger partial charge >= 0.3 is 0 Å². The third-order valence-electron chi connectivity index (χ3n) is 4.70. The number of anilines is 1. The summed E-state index contributed by atoms with van der Waals surface area (Å²) in [4.78, 5) is 20.2. The first kappa shape index (κ1) is 21.0. The number of benzene rings is 2. The van der Waals surface area contributed by atoms with Crippen LogP contribution in [0.1, 0.15) is 16.1 Å². The summed E-state index contributed by atoms with van der Waals surface area (Å²) >= 11 is 0. The van der Waals surface area contributed by atoms with E-state index in [9.17, 15) is 4.79 Å². The van der Waals surface area contributed by atoms with Gasteiger partial charge in [0.15, 0.2) is 5.58 Å². The number of fused-ring (bicyclic) bond motifs is 1. The van der Waals surface area contributed by atoms with E-state index >= 15 is 0 Å². The number of oxazole rings is 1. The van der Waals surface area contributed by atoms with Gasteiger partial charge in [0, 0.05) is 37.5 Å². The van der Waals surface area contributed by atoms with Gasteiger partial charge in [-0.3, -0.25) is 9.78 Å². The number of nitrogens with zero attached hydrogens (tertiary/aromatic N) is 2. The van der Waals surface area contributed by atoms with E-state index in [1.54, 1.807) is 51.6 Å². The predicted molar refractivity (Wildman–Crippen MR) is 119 cm³/mol. The SMILES string of the molecule is CNC(=O)c1cc(Oc2ccc3nc(NCc4cc(OC)ccc4OC)oc3c2)ccn1. The van der Waals surface area contributed by atoms with Crippen LogP contribution in [0, 0.1) is 0 Å². The van der Waals surface area contributed by atoms with Crippen LogP contribution in [0.15, 0.2) is 59.1 Å². The minimum absolute atomic E-state index is 0.269. The maximum atomic E-state index is 11.8. The first-order valence-corrected chi connectivity index (χ1v) is 9.81. The molecule has 4 rings (SSSR count). The van der Waals surface area contributed by atoms with E-state index in [1.807, 2.05) is 18.2 Å². The average Bonchev–Trinajstić information content (AvgIpc) is 3.24. The van der Waals surface area contributed by atoms with Gasteiger partial charge in [0.05, 0.1) is 14.2 Å². The van der Waals surface area contributed by atoms with Crippen LogP contribution in [-0.4, -0.2) is 37.1 Å². The predicted octanol–water partition coefficient (Wildman–Crippen LogP) is 4.00. The summed E-state index contributed by atoms with van der Waals surface area (Å²) in [7, 11) is 4.78. The summed E-state index contributed by atoms with van der Waals surface area (Å²) in [6, 6.07) is 14.5. The topological polar surface area (TPSA) is 108 Å². The van der Waals surface area contributed by atoms with Crippen LogP contribution in [0.5, 0.6) is 23.0 Å². The zero-order chi connectivity index (χ0) is 22.5. The Labute approximate surface area is 184 Å². The molecular formula is C23H22N4O5. The third kappa shape index (κ3) is 4.56. The van der Waals surface area contributed by atoms with Crippen molar-refractivity contribution in [1.29, 1.82) is 0 Å². The van der Waals surface area contributed by atoms with E-state index in [0.29, 0.717) is 35.2 Å². The zero-order valence-electron chi connectivity index (χ0n) is 17.8. The van der Waals surface area contributed by atoms with Gasteiger partial charge in [-0.15, -0.1) is 0 Å². The van der Waals surface area contributed by atoms with Gasteiger partial charge in [0.1, 0.15) is 34.2 Å². The van der Waals surface area contributed by atoms with Crippen molar-refractivity contribution in [2.24, 2.45) is 0 Å². The maximum Gasteiger partial charge on any atom is 0.295 e. The molecule has 2 heterocycles. The molecule has 0 saturated heterocycles. The molecule has 2 aromatic carbocycles. The van der Waals surface area contributed by atoms with E-state index in [1.165, 1.54) is 6.20 Å². The van der Waals surface area contributed by atoms with Gasteiger partial charge in [0.2, 0.25) is 0 Å². The molecule has 0 saturated carbocycles. The first-order chi connectivity index (χ1) is 15.6. The molecule has 2 aromatic heterocycles. The van der Waals surface area contributed by atoms with Crippen molar-refractivity contribution in [2.45, 2.75) is 6.54 Å². The Morgan fingerprint density at radius 1 is 1.00 bits per heavy atom. The van der Waals surface area contributed by atoms with Gasteiger partial charge in [0.25, 0.3) is 11.9 Å². The highest BCUT2D eigenvalue weighted by molar-refractivity contribution is 5.92. The lowest BCUT2D eigenvalue weighted by molar-refractivity contribution is 0.0958. The third-order valence-corrected chi connectivity index (χ3v) is 4.70. The summed E-state index contributed by atoms with van der Waals surface area (Å²) in [6.45, 7) is 0.440. The minimum Gasteiger partial charge on any atom is -0.497 e. The number of amides is 1. The standard InChI is InChI=1S/C23H22N4O5/c1-24-22(28)19-11-17(8-9-25-19)31-16-4-6-18-21(12-16)32-23(27-18)26-13-14-10-15(29-2)5-7-20(14)30-3/h4-12H,13H2,1-3H3,(H,24,28)(H,26,27). The summed E-state index contributed by atoms with van der Waals surface area (Å²) in [5.74, 6) is 2.21. The second-order valence-electron chi connectivity index (χ2n) is 6.74. The highest BCUT2D eigenvalue weighted by Crippen LogP contribution is 2.29. The maximum absolute atomic E-state index is 11.8. The largest absolute Gasteiger partial charge is 0.497 e. The zero-order valence-corrected chi connectivity index (χ0v) is 17.8. The second-order valence-corrected chi connectivity index (χ2v) is 6.74. The molecule has 0 aliphatic rings. The van der Waals surface area contributed by atoms with Crippen LogP contribution in [0.25, 0.3) is 11.1 Å². The van der Waals surface area contributed by atoms with Crippen molar-refractivity contribution >= 4 is 23.0 Å². The highest BCUT2D eigenvalue weighted by atomic mass is 16.5. The number of methoxy groups -OCH3 is 2. The quantitative estimate of drug-likeness (QED) is 0.428. The molecule has 9 heteroatoms. The summed E-state index contributed by atoms with van der Waals surface area (Å²) in [6.07, 6.45) is 1.52. The Morgan fingerprint density at radius 2 is 1.81 bits per heavy atom. The molecule has 0 unspecified atom stereocenters. The Balaban J connectivity index is 1.50. The van der Waals surface area contributed by atoms with Crippen LogP contribution < -0.4 is 24.8 Å². The molecule has 0 aliphatic heterocycles. The van der Waals surface area contributed by atoms with Crippen LogP contribution in [0.3, 0.4) is 0 Å². The van der Waals surface area contributed by atoms with Crippen molar-refractivity contribution in [3.63, 3.8) is 0 Å². The normalized spacial score (nSPS) is 10.6. The Kier molecular flexibility index (Phi) is 6.07. The number of ether oxygens (including phenoxy) is 3. The molecule has 4 aromatic rings. The van der Waals surface area contributed by atoms with E-state index < -0.39 is 0 Å². The van der Waals surface area contributed by atoms with Gasteiger partial charge < -0.3 is 29.3 Å². The number of carbonyl (C=O) groups excluding carboxylic acids is 1. The minimum atomic E-state index is -0.287. The molecule has 32 heavy (non-hydrogen) atoms. The first-order valence-electron chi connectivity index (χ1n) is 9.81. The molecule has 164 valence electrons. The number of aromatic nitrogens is 2. The Hall–Kier alpha value is -4.27. The molecule has 0 radical (unpaired) electrons. The van der Waals surface area contributed by atoms with Crippen molar-refractivity contribution in [3.05, 3.63) is 66.0 Å². The van der Waals surface area contributed by atoms with Crippen LogP contribution in [0.2, 0.25) is 0 Å². The Bertz CT molecular complexity index is 1250. The van der Waals surface area contributed by atoms with E-state index in [0.717, 1.165) is 17.1 Å². The fraction of sp³-hybridized carbons (Fsp3) is 0.174. The van der Waals surface area contributed by atoms with Gasteiger partial charge in [-0.1, -0.05) is 0 Å². The molecule has 0 fully saturated rings. The van der Waals surface area contributed by atoms with E-state index in [-0.39, 0.29) is 11.6 Å². The average molecular weight is 434 g/mol. The van der Waals surface area contributed by atoms with Crippen LogP contribution in [0.4, 0.5) is 6.01 Å². The smallest absolute Gasteiger partial charge is 0.295 e. The van der Waals surface area contributed by atoms with Gasteiger partial charge in [-0.2, -0.15) is 4.98 Å². The number of nitrogens with one attached hydrogen (secondary N) is 2. The lowest BCUT2D eigenvalue weighted by Crippen LogP contribution is -2.18. The fourth-order valence-corrected chi connectivity index (χ4v) is 3.10. The lowest BCUT2D eigenvalue weighted by atomic mass is 10.2. The molecule has 0 spiro atoms. The molecular weight excluding hydrogens is 412 g/mol. The Morgan fingerprint density at radius 3 is 2.59 bits per heavy atom. The highest BCUT2D eigenvalue weighted by Gasteiger charge is 2.11. The van der Waals surface area contributed by atoms with Crippen molar-refractivity contribution in [3.8, 4) is 23.0 Å². The van der Waals surface area contributed by atoms with Crippen molar-refractivity contribution in [2.75, 3.05) is 26.6 Å².